The lowest BCUT2D eigenvalue weighted by atomic mass is 10.1. The van der Waals surface area contributed by atoms with Crippen LogP contribution in [0.4, 0.5) is 4.79 Å². The van der Waals surface area contributed by atoms with Crippen LogP contribution in [0.1, 0.15) is 26.3 Å². The average Bonchev–Trinajstić information content (AvgIpc) is 2.61. The fraction of sp³-hybridized carbons (Fsp3) is 0.350. The summed E-state index contributed by atoms with van der Waals surface area (Å²) in [6, 6.07) is 13.7. The topological polar surface area (TPSA) is 102 Å². The Kier molecular flexibility index (Phi) is 7.04. The molecule has 8 heteroatoms. The van der Waals surface area contributed by atoms with Crippen LogP contribution in [0.25, 0.3) is 0 Å². The lowest BCUT2D eigenvalue weighted by molar-refractivity contribution is 0.0483. The van der Waals surface area contributed by atoms with Crippen molar-refractivity contribution in [1.82, 2.24) is 5.32 Å². The van der Waals surface area contributed by atoms with E-state index in [9.17, 15) is 18.3 Å². The van der Waals surface area contributed by atoms with Crippen molar-refractivity contribution >= 4 is 16.2 Å². The molecule has 7 nitrogen and oxygen atoms in total. The van der Waals surface area contributed by atoms with Gasteiger partial charge in [-0.15, -0.1) is 0 Å². The summed E-state index contributed by atoms with van der Waals surface area (Å²) in [6.45, 7) is 4.99. The van der Waals surface area contributed by atoms with Crippen molar-refractivity contribution < 1.29 is 27.2 Å². The average molecular weight is 407 g/mol. The van der Waals surface area contributed by atoms with Gasteiger partial charge in [-0.05, 0) is 57.0 Å². The quantitative estimate of drug-likeness (QED) is 0.685. The standard InChI is InChI=1S/C20H25NO6S/c1-20(2,3)26-19(23)21-16(14-22)13-15-9-11-17(12-10-15)27-28(24,25)18-7-5-4-6-8-18/h4-12,16,22H,13-14H2,1-3H3,(H,21,23). The van der Waals surface area contributed by atoms with Crippen LogP contribution in [-0.2, 0) is 21.3 Å². The Bertz CT molecular complexity index is 873. The van der Waals surface area contributed by atoms with E-state index in [0.717, 1.165) is 5.56 Å². The molecule has 0 aliphatic carbocycles. The van der Waals surface area contributed by atoms with Crippen LogP contribution in [0.15, 0.2) is 59.5 Å². The first-order valence-corrected chi connectivity index (χ1v) is 10.2. The van der Waals surface area contributed by atoms with Gasteiger partial charge in [0.1, 0.15) is 16.2 Å². The van der Waals surface area contributed by atoms with E-state index in [-0.39, 0.29) is 17.3 Å². The number of ether oxygens (including phenoxy) is 1. The molecular formula is C20H25NO6S. The fourth-order valence-corrected chi connectivity index (χ4v) is 3.31. The molecule has 1 unspecified atom stereocenters. The second-order valence-electron chi connectivity index (χ2n) is 7.22. The van der Waals surface area contributed by atoms with Crippen molar-refractivity contribution in [1.29, 1.82) is 0 Å². The molecule has 152 valence electrons. The number of amides is 1. The molecule has 28 heavy (non-hydrogen) atoms. The molecule has 0 aliphatic heterocycles. The lowest BCUT2D eigenvalue weighted by Crippen LogP contribution is -2.42. The van der Waals surface area contributed by atoms with Crippen LogP contribution < -0.4 is 9.50 Å². The SMILES string of the molecule is CC(C)(C)OC(=O)NC(CO)Cc1ccc(OS(=O)(=O)c2ccccc2)cc1. The molecule has 2 N–H and O–H groups in total. The monoisotopic (exact) mass is 407 g/mol. The van der Waals surface area contributed by atoms with Crippen LogP contribution in [0.3, 0.4) is 0 Å². The van der Waals surface area contributed by atoms with Gasteiger partial charge in [0, 0.05) is 0 Å². The summed E-state index contributed by atoms with van der Waals surface area (Å²) >= 11 is 0. The molecule has 0 fully saturated rings. The van der Waals surface area contributed by atoms with Gasteiger partial charge in [0.2, 0.25) is 0 Å². The number of aliphatic hydroxyl groups excluding tert-OH is 1. The highest BCUT2D eigenvalue weighted by Gasteiger charge is 2.20. The number of rotatable bonds is 7. The molecule has 0 spiro atoms. The van der Waals surface area contributed by atoms with E-state index in [0.29, 0.717) is 6.42 Å². The second kappa shape index (κ2) is 9.07. The number of alkyl carbamates (subject to hydrolysis) is 1. The van der Waals surface area contributed by atoms with E-state index < -0.39 is 27.9 Å². The number of hydrogen-bond acceptors (Lipinski definition) is 6. The van der Waals surface area contributed by atoms with E-state index in [1.807, 2.05) is 0 Å². The van der Waals surface area contributed by atoms with Crippen molar-refractivity contribution in [2.45, 2.75) is 43.7 Å². The van der Waals surface area contributed by atoms with Crippen LogP contribution >= 0.6 is 0 Å². The zero-order valence-corrected chi connectivity index (χ0v) is 16.9. The Morgan fingerprint density at radius 2 is 1.68 bits per heavy atom. The van der Waals surface area contributed by atoms with Gasteiger partial charge in [-0.25, -0.2) is 4.79 Å². The van der Waals surface area contributed by atoms with Gasteiger partial charge >= 0.3 is 16.2 Å². The Morgan fingerprint density at radius 3 is 2.21 bits per heavy atom. The summed E-state index contributed by atoms with van der Waals surface area (Å²) in [6.07, 6.45) is -0.262. The van der Waals surface area contributed by atoms with Crippen molar-refractivity contribution in [2.24, 2.45) is 0 Å². The van der Waals surface area contributed by atoms with Crippen LogP contribution in [-0.4, -0.2) is 37.9 Å². The minimum absolute atomic E-state index is 0.0704. The fourth-order valence-electron chi connectivity index (χ4n) is 2.36. The second-order valence-corrected chi connectivity index (χ2v) is 8.77. The largest absolute Gasteiger partial charge is 0.444 e. The van der Waals surface area contributed by atoms with Gasteiger partial charge in [-0.1, -0.05) is 30.3 Å². The predicted molar refractivity (Wildman–Crippen MR) is 105 cm³/mol. The Labute approximate surface area is 165 Å². The maximum atomic E-state index is 12.2. The number of carbonyl (C=O) groups excluding carboxylic acids is 1. The molecular weight excluding hydrogens is 382 g/mol. The van der Waals surface area contributed by atoms with E-state index >= 15 is 0 Å². The summed E-state index contributed by atoms with van der Waals surface area (Å²) < 4.78 is 34.8. The van der Waals surface area contributed by atoms with E-state index in [4.69, 9.17) is 8.92 Å². The summed E-state index contributed by atoms with van der Waals surface area (Å²) in [5, 5.41) is 12.1. The first-order valence-electron chi connectivity index (χ1n) is 8.78. The van der Waals surface area contributed by atoms with Gasteiger partial charge in [0.15, 0.2) is 0 Å². The molecule has 0 saturated carbocycles. The molecule has 0 aliphatic rings. The van der Waals surface area contributed by atoms with Crippen molar-refractivity contribution in [2.75, 3.05) is 6.61 Å². The highest BCUT2D eigenvalue weighted by Crippen LogP contribution is 2.19. The molecule has 0 saturated heterocycles. The van der Waals surface area contributed by atoms with Gasteiger partial charge in [-0.3, -0.25) is 0 Å². The third-order valence-electron chi connectivity index (χ3n) is 3.58. The van der Waals surface area contributed by atoms with Gasteiger partial charge < -0.3 is 19.3 Å². The Morgan fingerprint density at radius 1 is 1.07 bits per heavy atom. The minimum Gasteiger partial charge on any atom is -0.444 e. The van der Waals surface area contributed by atoms with Crippen molar-refractivity contribution in [3.05, 3.63) is 60.2 Å². The third-order valence-corrected chi connectivity index (χ3v) is 4.85. The molecule has 0 aromatic heterocycles. The molecule has 2 rings (SSSR count). The normalized spacial score (nSPS) is 12.9. The molecule has 2 aromatic rings. The number of benzene rings is 2. The highest BCUT2D eigenvalue weighted by atomic mass is 32.2. The third kappa shape index (κ3) is 6.86. The Hall–Kier alpha value is -2.58. The summed E-state index contributed by atoms with van der Waals surface area (Å²) in [5.41, 5.74) is 0.160. The van der Waals surface area contributed by atoms with Crippen LogP contribution in [0, 0.1) is 0 Å². The first-order chi connectivity index (χ1) is 13.1. The minimum atomic E-state index is -3.90. The number of aliphatic hydroxyl groups is 1. The van der Waals surface area contributed by atoms with E-state index in [1.54, 1.807) is 51.1 Å². The summed E-state index contributed by atoms with van der Waals surface area (Å²) in [7, 11) is -3.90. The summed E-state index contributed by atoms with van der Waals surface area (Å²) in [5.74, 6) is 0.174. The smallest absolute Gasteiger partial charge is 0.407 e. The molecule has 2 aromatic carbocycles. The molecule has 1 atom stereocenters. The number of hydrogen-bond donors (Lipinski definition) is 2. The maximum absolute atomic E-state index is 12.2. The van der Waals surface area contributed by atoms with E-state index in [2.05, 4.69) is 5.32 Å². The van der Waals surface area contributed by atoms with Crippen LogP contribution in [0.5, 0.6) is 5.75 Å². The van der Waals surface area contributed by atoms with E-state index in [1.165, 1.54) is 24.3 Å². The van der Waals surface area contributed by atoms with Gasteiger partial charge in [-0.2, -0.15) is 8.42 Å². The summed E-state index contributed by atoms with van der Waals surface area (Å²) in [4.78, 5) is 11.9. The van der Waals surface area contributed by atoms with Crippen molar-refractivity contribution in [3.63, 3.8) is 0 Å². The highest BCUT2D eigenvalue weighted by molar-refractivity contribution is 7.87. The zero-order valence-electron chi connectivity index (χ0n) is 16.1. The number of nitrogens with one attached hydrogen (secondary N) is 1. The predicted octanol–water partition coefficient (Wildman–Crippen LogP) is 2.88. The molecule has 0 heterocycles. The van der Waals surface area contributed by atoms with Crippen molar-refractivity contribution in [3.8, 4) is 5.75 Å². The molecule has 1 amide bonds. The van der Waals surface area contributed by atoms with Gasteiger partial charge in [0.05, 0.1) is 12.6 Å². The lowest BCUT2D eigenvalue weighted by Gasteiger charge is -2.22. The first kappa shape index (κ1) is 21.7. The molecule has 0 bridgehead atoms. The molecule has 0 radical (unpaired) electrons. The van der Waals surface area contributed by atoms with Crippen LogP contribution in [0.2, 0.25) is 0 Å². The van der Waals surface area contributed by atoms with Gasteiger partial charge in [0.25, 0.3) is 0 Å². The maximum Gasteiger partial charge on any atom is 0.407 e. The Balaban J connectivity index is 1.99. The number of carbonyl (C=O) groups is 1. The zero-order chi connectivity index (χ0) is 20.8.